The zero-order chi connectivity index (χ0) is 10.6. The Hall–Kier alpha value is -1.13. The molecule has 78 valence electrons. The van der Waals surface area contributed by atoms with Crippen LogP contribution in [0.25, 0.3) is 0 Å². The number of hydrogen-bond donors (Lipinski definition) is 2. The minimum absolute atomic E-state index is 0.142. The van der Waals surface area contributed by atoms with Gasteiger partial charge in [0, 0.05) is 12.5 Å². The molecule has 1 aliphatic rings. The lowest BCUT2D eigenvalue weighted by Crippen LogP contribution is -2.40. The van der Waals surface area contributed by atoms with E-state index in [9.17, 15) is 9.90 Å². The maximum Gasteiger partial charge on any atom is 0.304 e. The molecule has 2 unspecified atom stereocenters. The lowest BCUT2D eigenvalue weighted by molar-refractivity contribution is -0.193. The summed E-state index contributed by atoms with van der Waals surface area (Å²) in [5.41, 5.74) is 0. The summed E-state index contributed by atoms with van der Waals surface area (Å²) in [7, 11) is 0. The van der Waals surface area contributed by atoms with Crippen LogP contribution in [0, 0.1) is 5.92 Å². The molecule has 4 nitrogen and oxygen atoms in total. The van der Waals surface area contributed by atoms with Crippen molar-refractivity contribution in [2.24, 2.45) is 5.92 Å². The molecule has 1 aliphatic carbocycles. The van der Waals surface area contributed by atoms with Crippen molar-refractivity contribution in [3.05, 3.63) is 24.3 Å². The van der Waals surface area contributed by atoms with Gasteiger partial charge in [-0.15, -0.1) is 0 Å². The second kappa shape index (κ2) is 4.39. The number of aliphatic carboxylic acids is 1. The Bertz CT molecular complexity index is 269. The summed E-state index contributed by atoms with van der Waals surface area (Å²) >= 11 is 0. The van der Waals surface area contributed by atoms with Crippen LogP contribution in [0.3, 0.4) is 0 Å². The predicted octanol–water partition coefficient (Wildman–Crippen LogP) is 0.928. The van der Waals surface area contributed by atoms with Gasteiger partial charge in [-0.25, -0.2) is 0 Å². The Morgan fingerprint density at radius 3 is 2.86 bits per heavy atom. The number of aliphatic hydroxyl groups is 1. The van der Waals surface area contributed by atoms with Gasteiger partial charge >= 0.3 is 5.97 Å². The third-order valence-corrected chi connectivity index (χ3v) is 2.09. The highest BCUT2D eigenvalue weighted by Crippen LogP contribution is 2.28. The third-order valence-electron chi connectivity index (χ3n) is 2.09. The van der Waals surface area contributed by atoms with E-state index in [-0.39, 0.29) is 6.42 Å². The topological polar surface area (TPSA) is 66.8 Å². The summed E-state index contributed by atoms with van der Waals surface area (Å²) in [4.78, 5) is 10.5. The molecule has 0 aliphatic heterocycles. The van der Waals surface area contributed by atoms with Gasteiger partial charge in [0.15, 0.2) is 5.79 Å². The highest BCUT2D eigenvalue weighted by Gasteiger charge is 2.35. The van der Waals surface area contributed by atoms with Crippen molar-refractivity contribution in [3.63, 3.8) is 0 Å². The van der Waals surface area contributed by atoms with Crippen LogP contribution in [0.1, 0.15) is 13.3 Å². The van der Waals surface area contributed by atoms with Crippen molar-refractivity contribution >= 4 is 5.97 Å². The van der Waals surface area contributed by atoms with Gasteiger partial charge in [0.05, 0.1) is 6.42 Å². The van der Waals surface area contributed by atoms with E-state index in [1.54, 1.807) is 25.2 Å². The van der Waals surface area contributed by atoms with Crippen LogP contribution in [0.5, 0.6) is 0 Å². The number of carboxylic acid groups (broad SMARTS) is 1. The van der Waals surface area contributed by atoms with Gasteiger partial charge < -0.3 is 14.9 Å². The van der Waals surface area contributed by atoms with E-state index in [1.807, 2.05) is 0 Å². The van der Waals surface area contributed by atoms with Gasteiger partial charge in [-0.2, -0.15) is 0 Å². The molecular formula is C10H14O4. The molecule has 0 aromatic rings. The highest BCUT2D eigenvalue weighted by atomic mass is 16.6. The van der Waals surface area contributed by atoms with Crippen molar-refractivity contribution in [1.29, 1.82) is 0 Å². The number of carbonyl (C=O) groups is 1. The summed E-state index contributed by atoms with van der Waals surface area (Å²) < 4.78 is 5.14. The fourth-order valence-corrected chi connectivity index (χ4v) is 1.44. The molecule has 0 radical (unpaired) electrons. The molecular weight excluding hydrogens is 184 g/mol. The van der Waals surface area contributed by atoms with Crippen molar-refractivity contribution in [1.82, 2.24) is 0 Å². The molecule has 2 N–H and O–H groups in total. The number of allylic oxidation sites excluding steroid dienone is 2. The van der Waals surface area contributed by atoms with Crippen LogP contribution in [-0.2, 0) is 9.53 Å². The quantitative estimate of drug-likeness (QED) is 0.659. The molecule has 14 heavy (non-hydrogen) atoms. The average molecular weight is 198 g/mol. The van der Waals surface area contributed by atoms with Gasteiger partial charge in [-0.3, -0.25) is 4.79 Å². The molecule has 0 spiro atoms. The normalized spacial score (nSPS) is 30.6. The summed E-state index contributed by atoms with van der Waals surface area (Å²) in [6.07, 6.45) is 6.33. The average Bonchev–Trinajstić information content (AvgIpc) is 2.09. The zero-order valence-corrected chi connectivity index (χ0v) is 8.01. The summed E-state index contributed by atoms with van der Waals surface area (Å²) in [6.45, 7) is 2.09. The number of carboxylic acids is 1. The Morgan fingerprint density at radius 1 is 1.57 bits per heavy atom. The van der Waals surface area contributed by atoms with Crippen LogP contribution in [0.2, 0.25) is 0 Å². The Balaban J connectivity index is 2.75. The van der Waals surface area contributed by atoms with Crippen molar-refractivity contribution < 1.29 is 19.7 Å². The standard InChI is InChI=1S/C10H14O4/c1-2-14-10(13)6-4-3-5-8(10)7-9(11)12/h3-6,8,13H,2,7H2,1H3,(H,11,12). The minimum atomic E-state index is -1.47. The first-order valence-corrected chi connectivity index (χ1v) is 4.52. The summed E-state index contributed by atoms with van der Waals surface area (Å²) in [6, 6.07) is 0. The molecule has 1 rings (SSSR count). The van der Waals surface area contributed by atoms with E-state index < -0.39 is 17.7 Å². The van der Waals surface area contributed by atoms with Gasteiger partial charge in [-0.05, 0) is 13.0 Å². The van der Waals surface area contributed by atoms with E-state index in [0.717, 1.165) is 0 Å². The molecule has 4 heteroatoms. The van der Waals surface area contributed by atoms with Gasteiger partial charge in [-0.1, -0.05) is 18.2 Å². The van der Waals surface area contributed by atoms with Crippen LogP contribution in [0.4, 0.5) is 0 Å². The molecule has 0 aromatic carbocycles. The molecule has 0 heterocycles. The van der Waals surface area contributed by atoms with Gasteiger partial charge in [0.1, 0.15) is 0 Å². The van der Waals surface area contributed by atoms with Crippen molar-refractivity contribution in [3.8, 4) is 0 Å². The summed E-state index contributed by atoms with van der Waals surface area (Å²) in [5.74, 6) is -2.94. The SMILES string of the molecule is CCOC1(O)C=CC=CC1CC(=O)O. The molecule has 2 atom stereocenters. The second-order valence-electron chi connectivity index (χ2n) is 3.13. The van der Waals surface area contributed by atoms with Crippen LogP contribution in [-0.4, -0.2) is 28.6 Å². The van der Waals surface area contributed by atoms with E-state index in [2.05, 4.69) is 0 Å². The van der Waals surface area contributed by atoms with E-state index >= 15 is 0 Å². The molecule has 0 fully saturated rings. The Morgan fingerprint density at radius 2 is 2.29 bits per heavy atom. The lowest BCUT2D eigenvalue weighted by Gasteiger charge is -2.32. The fourth-order valence-electron chi connectivity index (χ4n) is 1.44. The molecule has 0 saturated carbocycles. The number of hydrogen-bond acceptors (Lipinski definition) is 3. The lowest BCUT2D eigenvalue weighted by atomic mass is 9.91. The van der Waals surface area contributed by atoms with Crippen molar-refractivity contribution in [2.45, 2.75) is 19.1 Å². The Labute approximate surface area is 82.5 Å². The largest absolute Gasteiger partial charge is 0.481 e. The molecule has 0 saturated heterocycles. The van der Waals surface area contributed by atoms with Gasteiger partial charge in [0.25, 0.3) is 0 Å². The second-order valence-corrected chi connectivity index (χ2v) is 3.13. The fraction of sp³-hybridized carbons (Fsp3) is 0.500. The molecule has 0 aromatic heterocycles. The van der Waals surface area contributed by atoms with Gasteiger partial charge in [0.2, 0.25) is 0 Å². The summed E-state index contributed by atoms with van der Waals surface area (Å²) in [5, 5.41) is 18.6. The van der Waals surface area contributed by atoms with E-state index in [1.165, 1.54) is 6.08 Å². The zero-order valence-electron chi connectivity index (χ0n) is 8.01. The van der Waals surface area contributed by atoms with E-state index in [4.69, 9.17) is 9.84 Å². The van der Waals surface area contributed by atoms with Crippen LogP contribution in [0.15, 0.2) is 24.3 Å². The van der Waals surface area contributed by atoms with Crippen molar-refractivity contribution in [2.75, 3.05) is 6.61 Å². The minimum Gasteiger partial charge on any atom is -0.481 e. The monoisotopic (exact) mass is 198 g/mol. The smallest absolute Gasteiger partial charge is 0.304 e. The predicted molar refractivity (Wildman–Crippen MR) is 50.6 cm³/mol. The first kappa shape index (κ1) is 10.9. The Kier molecular flexibility index (Phi) is 3.43. The van der Waals surface area contributed by atoms with Crippen LogP contribution >= 0.6 is 0 Å². The van der Waals surface area contributed by atoms with Crippen LogP contribution < -0.4 is 0 Å². The maximum absolute atomic E-state index is 10.5. The number of ether oxygens (including phenoxy) is 1. The first-order chi connectivity index (χ1) is 6.58. The van der Waals surface area contributed by atoms with E-state index in [0.29, 0.717) is 6.61 Å². The number of rotatable bonds is 4. The maximum atomic E-state index is 10.5. The first-order valence-electron chi connectivity index (χ1n) is 4.52. The highest BCUT2D eigenvalue weighted by molar-refractivity contribution is 5.67. The third kappa shape index (κ3) is 2.43. The molecule has 0 amide bonds. The molecule has 0 bridgehead atoms.